The second-order valence-electron chi connectivity index (χ2n) is 5.49. The van der Waals surface area contributed by atoms with Gasteiger partial charge in [0.1, 0.15) is 5.82 Å². The number of halogens is 4. The molecule has 1 fully saturated rings. The zero-order valence-corrected chi connectivity index (χ0v) is 13.2. The van der Waals surface area contributed by atoms with Gasteiger partial charge in [-0.1, -0.05) is 0 Å². The molecule has 11 heteroatoms. The van der Waals surface area contributed by atoms with Gasteiger partial charge in [-0.2, -0.15) is 13.2 Å². The first-order valence-corrected chi connectivity index (χ1v) is 7.37. The van der Waals surface area contributed by atoms with Gasteiger partial charge < -0.3 is 5.32 Å². The van der Waals surface area contributed by atoms with Crippen molar-refractivity contribution in [2.45, 2.75) is 11.8 Å². The van der Waals surface area contributed by atoms with Crippen molar-refractivity contribution < 1.29 is 31.9 Å². The maximum atomic E-state index is 13.7. The van der Waals surface area contributed by atoms with Crippen LogP contribution in [-0.4, -0.2) is 34.7 Å². The lowest BCUT2D eigenvalue weighted by Gasteiger charge is -2.29. The van der Waals surface area contributed by atoms with E-state index in [2.05, 4.69) is 4.98 Å². The number of nitrogens with one attached hydrogen (secondary N) is 2. The van der Waals surface area contributed by atoms with Crippen LogP contribution in [0.4, 0.5) is 28.0 Å². The first-order chi connectivity index (χ1) is 12.7. The number of hydrogen-bond acceptors (Lipinski definition) is 4. The van der Waals surface area contributed by atoms with Gasteiger partial charge in [-0.05, 0) is 36.4 Å². The van der Waals surface area contributed by atoms with E-state index in [9.17, 15) is 31.9 Å². The third-order valence-electron chi connectivity index (χ3n) is 3.76. The van der Waals surface area contributed by atoms with E-state index in [-0.39, 0.29) is 16.2 Å². The van der Waals surface area contributed by atoms with Crippen LogP contribution < -0.4 is 15.5 Å². The Labute approximate surface area is 149 Å². The van der Waals surface area contributed by atoms with Gasteiger partial charge in [-0.25, -0.2) is 14.1 Å². The second-order valence-corrected chi connectivity index (χ2v) is 5.49. The minimum atomic E-state index is -5.35. The van der Waals surface area contributed by atoms with E-state index in [4.69, 9.17) is 0 Å². The van der Waals surface area contributed by atoms with Gasteiger partial charge in [0.2, 0.25) is 0 Å². The monoisotopic (exact) mass is 382 g/mol. The molecule has 1 aromatic carbocycles. The number of hydrogen-bond donors (Lipinski definition) is 2. The van der Waals surface area contributed by atoms with Crippen LogP contribution in [0.3, 0.4) is 0 Å². The normalized spacial score (nSPS) is 19.8. The van der Waals surface area contributed by atoms with Gasteiger partial charge in [0, 0.05) is 12.4 Å². The van der Waals surface area contributed by atoms with Crippen LogP contribution in [0.1, 0.15) is 10.4 Å². The molecular formula is C16H10F4N4O3. The van der Waals surface area contributed by atoms with Gasteiger partial charge >= 0.3 is 12.2 Å². The minimum Gasteiger partial charge on any atom is -0.314 e. The highest BCUT2D eigenvalue weighted by Crippen LogP contribution is 2.36. The SMILES string of the molecule is O=C(NC1(C(F)(F)F)NC(=O)N(c2ccc(F)cc2)C1=O)c1cccnc1. The summed E-state index contributed by atoms with van der Waals surface area (Å²) in [6.07, 6.45) is -3.06. The molecule has 1 saturated heterocycles. The number of amides is 4. The van der Waals surface area contributed by atoms with Crippen LogP contribution in [0, 0.1) is 5.82 Å². The van der Waals surface area contributed by atoms with Crippen molar-refractivity contribution in [3.05, 3.63) is 60.2 Å². The second kappa shape index (κ2) is 6.34. The first kappa shape index (κ1) is 18.3. The Morgan fingerprint density at radius 3 is 2.37 bits per heavy atom. The van der Waals surface area contributed by atoms with E-state index in [1.165, 1.54) is 29.0 Å². The van der Waals surface area contributed by atoms with Crippen LogP contribution in [0.2, 0.25) is 0 Å². The fraction of sp³-hybridized carbons (Fsp3) is 0.125. The molecule has 2 heterocycles. The molecule has 1 aliphatic rings. The molecule has 7 nitrogen and oxygen atoms in total. The van der Waals surface area contributed by atoms with Crippen LogP contribution in [0.5, 0.6) is 0 Å². The van der Waals surface area contributed by atoms with Gasteiger partial charge in [0.25, 0.3) is 17.5 Å². The van der Waals surface area contributed by atoms with Crippen LogP contribution >= 0.6 is 0 Å². The molecule has 4 amide bonds. The summed E-state index contributed by atoms with van der Waals surface area (Å²) < 4.78 is 54.2. The molecule has 0 radical (unpaired) electrons. The number of carbonyl (C=O) groups excluding carboxylic acids is 3. The Bertz CT molecular complexity index is 902. The predicted molar refractivity (Wildman–Crippen MR) is 82.9 cm³/mol. The minimum absolute atomic E-state index is 0.177. The number of nitrogens with zero attached hydrogens (tertiary/aromatic N) is 2. The highest BCUT2D eigenvalue weighted by Gasteiger charge is 2.69. The number of urea groups is 1. The molecule has 2 N–H and O–H groups in total. The smallest absolute Gasteiger partial charge is 0.314 e. The summed E-state index contributed by atoms with van der Waals surface area (Å²) in [4.78, 5) is 40.6. The van der Waals surface area contributed by atoms with E-state index in [0.29, 0.717) is 0 Å². The quantitative estimate of drug-likeness (QED) is 0.627. The van der Waals surface area contributed by atoms with E-state index in [0.717, 1.165) is 30.5 Å². The lowest BCUT2D eigenvalue weighted by atomic mass is 10.1. The van der Waals surface area contributed by atoms with Gasteiger partial charge in [-0.3, -0.25) is 19.9 Å². The maximum absolute atomic E-state index is 13.7. The number of rotatable bonds is 3. The summed E-state index contributed by atoms with van der Waals surface area (Å²) in [5, 5.41) is 3.03. The number of imide groups is 1. The van der Waals surface area contributed by atoms with Crippen LogP contribution in [0.15, 0.2) is 48.8 Å². The molecule has 0 saturated carbocycles. The standard InChI is InChI=1S/C16H10F4N4O3/c17-10-3-5-11(6-4-10)24-13(26)15(16(18,19)20,23-14(24)27)22-12(25)9-2-1-7-21-8-9/h1-8H,(H,22,25)(H,23,27). The topological polar surface area (TPSA) is 91.4 Å². The molecule has 27 heavy (non-hydrogen) atoms. The molecule has 0 bridgehead atoms. The average Bonchev–Trinajstić information content (AvgIpc) is 2.87. The van der Waals surface area contributed by atoms with E-state index < -0.39 is 35.5 Å². The molecule has 3 rings (SSSR count). The average molecular weight is 382 g/mol. The van der Waals surface area contributed by atoms with Crippen molar-refractivity contribution in [3.8, 4) is 0 Å². The number of pyridine rings is 1. The van der Waals surface area contributed by atoms with Crippen molar-refractivity contribution in [1.82, 2.24) is 15.6 Å². The first-order valence-electron chi connectivity index (χ1n) is 7.37. The molecule has 1 unspecified atom stereocenters. The fourth-order valence-corrected chi connectivity index (χ4v) is 2.44. The molecule has 1 atom stereocenters. The Morgan fingerprint density at radius 1 is 1.15 bits per heavy atom. The Hall–Kier alpha value is -3.50. The Balaban J connectivity index is 2.00. The van der Waals surface area contributed by atoms with Crippen molar-refractivity contribution in [2.75, 3.05) is 4.90 Å². The number of carbonyl (C=O) groups is 3. The largest absolute Gasteiger partial charge is 0.440 e. The molecule has 140 valence electrons. The van der Waals surface area contributed by atoms with Crippen molar-refractivity contribution in [2.24, 2.45) is 0 Å². The third-order valence-corrected chi connectivity index (χ3v) is 3.76. The Morgan fingerprint density at radius 2 is 1.81 bits per heavy atom. The molecule has 2 aromatic rings. The molecular weight excluding hydrogens is 372 g/mol. The summed E-state index contributed by atoms with van der Waals surface area (Å²) >= 11 is 0. The molecule has 1 aliphatic heterocycles. The summed E-state index contributed by atoms with van der Waals surface area (Å²) in [5.74, 6) is -3.75. The number of anilines is 1. The zero-order valence-electron chi connectivity index (χ0n) is 13.2. The molecule has 0 spiro atoms. The van der Waals surface area contributed by atoms with E-state index in [1.807, 2.05) is 0 Å². The summed E-state index contributed by atoms with van der Waals surface area (Å²) in [5.41, 5.74) is -4.21. The molecule has 1 aromatic heterocycles. The molecule has 0 aliphatic carbocycles. The fourth-order valence-electron chi connectivity index (χ4n) is 2.44. The summed E-state index contributed by atoms with van der Waals surface area (Å²) in [6, 6.07) is 4.75. The van der Waals surface area contributed by atoms with Crippen LogP contribution in [0.25, 0.3) is 0 Å². The lowest BCUT2D eigenvalue weighted by Crippen LogP contribution is -2.69. The van der Waals surface area contributed by atoms with Gasteiger partial charge in [-0.15, -0.1) is 0 Å². The summed E-state index contributed by atoms with van der Waals surface area (Å²) in [6.45, 7) is 0. The number of aromatic nitrogens is 1. The third kappa shape index (κ3) is 3.07. The lowest BCUT2D eigenvalue weighted by molar-refractivity contribution is -0.197. The summed E-state index contributed by atoms with van der Waals surface area (Å²) in [7, 11) is 0. The van der Waals surface area contributed by atoms with Gasteiger partial charge in [0.15, 0.2) is 0 Å². The predicted octanol–water partition coefficient (Wildman–Crippen LogP) is 1.97. The van der Waals surface area contributed by atoms with Crippen molar-refractivity contribution >= 4 is 23.5 Å². The van der Waals surface area contributed by atoms with E-state index >= 15 is 0 Å². The van der Waals surface area contributed by atoms with Crippen LogP contribution in [-0.2, 0) is 4.79 Å². The van der Waals surface area contributed by atoms with E-state index in [1.54, 1.807) is 0 Å². The van der Waals surface area contributed by atoms with Gasteiger partial charge in [0.05, 0.1) is 11.3 Å². The Kier molecular flexibility index (Phi) is 4.30. The number of alkyl halides is 3. The van der Waals surface area contributed by atoms with Crippen molar-refractivity contribution in [3.63, 3.8) is 0 Å². The van der Waals surface area contributed by atoms with Crippen molar-refractivity contribution in [1.29, 1.82) is 0 Å². The zero-order chi connectivity index (χ0) is 19.8. The number of benzene rings is 1. The highest BCUT2D eigenvalue weighted by molar-refractivity contribution is 6.24. The maximum Gasteiger partial charge on any atom is 0.440 e. The highest BCUT2D eigenvalue weighted by atomic mass is 19.4.